The lowest BCUT2D eigenvalue weighted by molar-refractivity contribution is 0.588. The Bertz CT molecular complexity index is 1070. The zero-order valence-corrected chi connectivity index (χ0v) is 14.9. The van der Waals surface area contributed by atoms with Gasteiger partial charge in [0.05, 0.1) is 16.8 Å². The molecule has 26 heavy (non-hydrogen) atoms. The normalized spacial score (nSPS) is 14.5. The van der Waals surface area contributed by atoms with Crippen molar-refractivity contribution in [2.45, 2.75) is 23.8 Å². The van der Waals surface area contributed by atoms with Gasteiger partial charge in [-0.2, -0.15) is 4.52 Å². The maximum atomic E-state index is 12.0. The highest BCUT2D eigenvalue weighted by Gasteiger charge is 2.23. The lowest BCUT2D eigenvalue weighted by Crippen LogP contribution is -2.18. The number of sulfonamides is 1. The van der Waals surface area contributed by atoms with E-state index in [0.717, 1.165) is 18.5 Å². The highest BCUT2D eigenvalue weighted by Crippen LogP contribution is 2.29. The number of aromatic nitrogens is 3. The minimum atomic E-state index is -3.52. The van der Waals surface area contributed by atoms with Crippen LogP contribution in [0, 0.1) is 0 Å². The van der Waals surface area contributed by atoms with Crippen LogP contribution in [0.4, 0.5) is 23.0 Å². The molecule has 2 aromatic heterocycles. The summed E-state index contributed by atoms with van der Waals surface area (Å²) in [5.74, 6) is 0.957. The van der Waals surface area contributed by atoms with Crippen LogP contribution in [-0.4, -0.2) is 36.1 Å². The van der Waals surface area contributed by atoms with E-state index < -0.39 is 10.0 Å². The summed E-state index contributed by atoms with van der Waals surface area (Å²) >= 11 is 0. The third-order valence-electron chi connectivity index (χ3n) is 4.12. The zero-order valence-electron chi connectivity index (χ0n) is 14.1. The second-order valence-electron chi connectivity index (χ2n) is 6.14. The van der Waals surface area contributed by atoms with Crippen molar-refractivity contribution in [3.63, 3.8) is 0 Å². The molecule has 4 rings (SSSR count). The maximum Gasteiger partial charge on any atom is 0.240 e. The molecular formula is C16H19N7O2S. The van der Waals surface area contributed by atoms with Gasteiger partial charge in [-0.3, -0.25) is 0 Å². The number of nitrogens with zero attached hydrogens (tertiary/aromatic N) is 3. The maximum absolute atomic E-state index is 12.0. The van der Waals surface area contributed by atoms with Gasteiger partial charge in [0, 0.05) is 17.8 Å². The number of nitrogens with two attached hydrogens (primary N) is 1. The van der Waals surface area contributed by atoms with Gasteiger partial charge in [-0.05, 0) is 38.1 Å². The highest BCUT2D eigenvalue weighted by atomic mass is 32.2. The molecule has 0 saturated heterocycles. The first kappa shape index (κ1) is 16.6. The molecule has 5 N–H and O–H groups in total. The smallest absolute Gasteiger partial charge is 0.240 e. The highest BCUT2D eigenvalue weighted by molar-refractivity contribution is 7.89. The lowest BCUT2D eigenvalue weighted by Gasteiger charge is -2.12. The fourth-order valence-electron chi connectivity index (χ4n) is 2.61. The third-order valence-corrected chi connectivity index (χ3v) is 5.53. The Morgan fingerprint density at radius 3 is 2.81 bits per heavy atom. The average Bonchev–Trinajstić information content (AvgIpc) is 3.37. The van der Waals surface area contributed by atoms with E-state index >= 15 is 0 Å². The van der Waals surface area contributed by atoms with Gasteiger partial charge in [0.2, 0.25) is 10.0 Å². The predicted octanol–water partition coefficient (Wildman–Crippen LogP) is 1.54. The summed E-state index contributed by atoms with van der Waals surface area (Å²) in [5.41, 5.74) is 8.04. The fourth-order valence-corrected chi connectivity index (χ4v) is 3.38. The van der Waals surface area contributed by atoms with Crippen LogP contribution in [0.15, 0.2) is 41.4 Å². The Labute approximate surface area is 150 Å². The number of nitrogens with one attached hydrogen (secondary N) is 3. The standard InChI is InChI=1S/C16H19N7O2S/c1-18-26(24,25)12-4-2-3-11(7-12)21-15-8-13(20-10-5-6-10)16-19-9-14(17)23(16)22-15/h2-4,7-10,18,20H,5-6,17H2,1H3,(H,21,22). The van der Waals surface area contributed by atoms with Gasteiger partial charge in [0.15, 0.2) is 11.5 Å². The van der Waals surface area contributed by atoms with Crippen molar-refractivity contribution < 1.29 is 8.42 Å². The van der Waals surface area contributed by atoms with Gasteiger partial charge < -0.3 is 16.4 Å². The first-order valence-corrected chi connectivity index (χ1v) is 9.66. The van der Waals surface area contributed by atoms with Crippen LogP contribution < -0.4 is 21.1 Å². The molecule has 1 aromatic carbocycles. The van der Waals surface area contributed by atoms with E-state index in [1.54, 1.807) is 28.9 Å². The summed E-state index contributed by atoms with van der Waals surface area (Å²) in [6.07, 6.45) is 3.80. The molecule has 2 heterocycles. The van der Waals surface area contributed by atoms with Gasteiger partial charge >= 0.3 is 0 Å². The first-order valence-electron chi connectivity index (χ1n) is 8.18. The zero-order chi connectivity index (χ0) is 18.3. The van der Waals surface area contributed by atoms with Crippen molar-refractivity contribution in [1.29, 1.82) is 0 Å². The second kappa shape index (κ2) is 6.15. The van der Waals surface area contributed by atoms with Crippen LogP contribution >= 0.6 is 0 Å². The molecule has 0 amide bonds. The van der Waals surface area contributed by atoms with Crippen molar-refractivity contribution in [2.24, 2.45) is 0 Å². The topological polar surface area (TPSA) is 126 Å². The number of hydrogen-bond acceptors (Lipinski definition) is 7. The second-order valence-corrected chi connectivity index (χ2v) is 8.03. The molecule has 0 atom stereocenters. The third kappa shape index (κ3) is 3.16. The van der Waals surface area contributed by atoms with Gasteiger partial charge in [-0.15, -0.1) is 5.10 Å². The van der Waals surface area contributed by atoms with E-state index in [2.05, 4.69) is 25.4 Å². The molecule has 1 aliphatic rings. The van der Waals surface area contributed by atoms with Crippen LogP contribution in [0.1, 0.15) is 12.8 Å². The molecule has 9 nitrogen and oxygen atoms in total. The molecule has 1 fully saturated rings. The van der Waals surface area contributed by atoms with Crippen molar-refractivity contribution in [1.82, 2.24) is 19.3 Å². The molecule has 1 aliphatic carbocycles. The molecule has 0 unspecified atom stereocenters. The van der Waals surface area contributed by atoms with Crippen molar-refractivity contribution >= 4 is 38.7 Å². The Kier molecular flexibility index (Phi) is 3.93. The number of hydrogen-bond donors (Lipinski definition) is 4. The Hall–Kier alpha value is -2.85. The van der Waals surface area contributed by atoms with Crippen LogP contribution in [0.5, 0.6) is 0 Å². The number of benzene rings is 1. The Morgan fingerprint density at radius 1 is 1.27 bits per heavy atom. The number of imidazole rings is 1. The number of rotatable bonds is 6. The van der Waals surface area contributed by atoms with E-state index in [1.165, 1.54) is 13.1 Å². The summed E-state index contributed by atoms with van der Waals surface area (Å²) in [7, 11) is -2.14. The van der Waals surface area contributed by atoms with E-state index in [9.17, 15) is 8.42 Å². The van der Waals surface area contributed by atoms with E-state index in [1.807, 2.05) is 6.07 Å². The summed E-state index contributed by atoms with van der Waals surface area (Å²) in [4.78, 5) is 4.47. The summed E-state index contributed by atoms with van der Waals surface area (Å²) in [6, 6.07) is 8.80. The first-order chi connectivity index (χ1) is 12.5. The molecule has 136 valence electrons. The van der Waals surface area contributed by atoms with Crippen LogP contribution in [0.3, 0.4) is 0 Å². The molecule has 3 aromatic rings. The molecule has 0 aliphatic heterocycles. The molecule has 0 spiro atoms. The Balaban J connectivity index is 1.71. The van der Waals surface area contributed by atoms with Crippen LogP contribution in [-0.2, 0) is 10.0 Å². The van der Waals surface area contributed by atoms with Crippen molar-refractivity contribution in [2.75, 3.05) is 23.4 Å². The minimum Gasteiger partial charge on any atom is -0.382 e. The van der Waals surface area contributed by atoms with E-state index in [0.29, 0.717) is 29.0 Å². The molecule has 1 saturated carbocycles. The van der Waals surface area contributed by atoms with Gasteiger partial charge in [-0.25, -0.2) is 18.1 Å². The van der Waals surface area contributed by atoms with Gasteiger partial charge in [0.1, 0.15) is 5.82 Å². The molecule has 0 radical (unpaired) electrons. The predicted molar refractivity (Wildman–Crippen MR) is 100 cm³/mol. The number of fused-ring (bicyclic) bond motifs is 1. The average molecular weight is 373 g/mol. The summed E-state index contributed by atoms with van der Waals surface area (Å²) in [5, 5.41) is 11.0. The van der Waals surface area contributed by atoms with Crippen LogP contribution in [0.25, 0.3) is 5.65 Å². The molecule has 10 heteroatoms. The van der Waals surface area contributed by atoms with Crippen molar-refractivity contribution in [3.05, 3.63) is 36.5 Å². The largest absolute Gasteiger partial charge is 0.382 e. The number of nitrogen functional groups attached to an aromatic ring is 1. The minimum absolute atomic E-state index is 0.171. The number of anilines is 4. The van der Waals surface area contributed by atoms with Crippen LogP contribution in [0.2, 0.25) is 0 Å². The monoisotopic (exact) mass is 373 g/mol. The van der Waals surface area contributed by atoms with E-state index in [4.69, 9.17) is 5.73 Å². The van der Waals surface area contributed by atoms with Gasteiger partial charge in [-0.1, -0.05) is 6.07 Å². The van der Waals surface area contributed by atoms with Crippen molar-refractivity contribution in [3.8, 4) is 0 Å². The quantitative estimate of drug-likeness (QED) is 0.516. The summed E-state index contributed by atoms with van der Waals surface area (Å²) in [6.45, 7) is 0. The molecular weight excluding hydrogens is 354 g/mol. The van der Waals surface area contributed by atoms with E-state index in [-0.39, 0.29) is 4.90 Å². The SMILES string of the molecule is CNS(=O)(=O)c1cccc(Nc2cc(NC3CC3)c3ncc(N)n3n2)c1. The Morgan fingerprint density at radius 2 is 2.08 bits per heavy atom. The lowest BCUT2D eigenvalue weighted by atomic mass is 10.3. The summed E-state index contributed by atoms with van der Waals surface area (Å²) < 4.78 is 27.8. The fraction of sp³-hybridized carbons (Fsp3) is 0.250. The van der Waals surface area contributed by atoms with Gasteiger partial charge in [0.25, 0.3) is 0 Å². The molecule has 0 bridgehead atoms.